The van der Waals surface area contributed by atoms with Crippen molar-refractivity contribution < 1.29 is 34.8 Å². The van der Waals surface area contributed by atoms with Gasteiger partial charge < -0.3 is 15.1 Å². The molecule has 0 bridgehead atoms. The van der Waals surface area contributed by atoms with Crippen molar-refractivity contribution in [3.63, 3.8) is 0 Å². The predicted octanol–water partition coefficient (Wildman–Crippen LogP) is 10.7. The van der Waals surface area contributed by atoms with Gasteiger partial charge in [-0.15, -0.1) is 11.8 Å². The first-order chi connectivity index (χ1) is 33.9. The lowest BCUT2D eigenvalue weighted by atomic mass is 9.70. The number of hydrogen-bond donors (Lipinski definition) is 2. The number of anilines is 2. The molecule has 1 unspecified atom stereocenters. The number of piperidine rings is 1. The van der Waals surface area contributed by atoms with Crippen LogP contribution in [0.2, 0.25) is 5.02 Å². The molecule has 2 N–H and O–H groups in total. The Morgan fingerprint density at radius 3 is 2.08 bits per heavy atom. The predicted molar refractivity (Wildman–Crippen MR) is 284 cm³/mol. The molecule has 0 radical (unpaired) electrons. The lowest BCUT2D eigenvalue weighted by Gasteiger charge is -2.55. The molecule has 3 saturated heterocycles. The van der Waals surface area contributed by atoms with Crippen LogP contribution < -0.4 is 14.9 Å². The molecular formula is C54H68ClF3N6O5S3. The Balaban J connectivity index is 0.901. The molecule has 1 atom stereocenters. The summed E-state index contributed by atoms with van der Waals surface area (Å²) in [4.78, 5) is 21.9. The molecule has 1 amide bonds. The third-order valence-corrected chi connectivity index (χ3v) is 19.2. The molecule has 11 nitrogen and oxygen atoms in total. The minimum atomic E-state index is -6.06. The minimum absolute atomic E-state index is 0.0172. The summed E-state index contributed by atoms with van der Waals surface area (Å²) in [7, 11) is -10.9. The molecule has 3 fully saturated rings. The van der Waals surface area contributed by atoms with Gasteiger partial charge in [0, 0.05) is 104 Å². The lowest BCUT2D eigenvalue weighted by molar-refractivity contribution is -0.0436. The molecule has 4 aliphatic rings. The average Bonchev–Trinajstić information content (AvgIpc) is 3.32. The Kier molecular flexibility index (Phi) is 16.3. The minimum Gasteiger partial charge on any atom is -0.380 e. The van der Waals surface area contributed by atoms with Crippen molar-refractivity contribution in [3.8, 4) is 0 Å². The van der Waals surface area contributed by atoms with E-state index in [2.05, 4.69) is 71.7 Å². The first-order valence-electron chi connectivity index (χ1n) is 24.9. The van der Waals surface area contributed by atoms with Gasteiger partial charge in [0.25, 0.3) is 25.8 Å². The second kappa shape index (κ2) is 21.6. The Morgan fingerprint density at radius 1 is 0.806 bits per heavy atom. The third-order valence-electron chi connectivity index (χ3n) is 15.0. The number of rotatable bonds is 16. The van der Waals surface area contributed by atoms with Crippen molar-refractivity contribution in [2.75, 3.05) is 81.4 Å². The topological polar surface area (TPSA) is 122 Å². The maximum atomic E-state index is 14.3. The summed E-state index contributed by atoms with van der Waals surface area (Å²) in [6, 6.07) is 26.2. The average molecular weight is 1070 g/mol. The van der Waals surface area contributed by atoms with Crippen LogP contribution >= 0.6 is 23.4 Å². The second-order valence-electron chi connectivity index (χ2n) is 21.9. The molecule has 1 spiro atoms. The van der Waals surface area contributed by atoms with Crippen LogP contribution in [0.25, 0.3) is 5.57 Å². The summed E-state index contributed by atoms with van der Waals surface area (Å²) in [6.45, 7) is 19.8. The van der Waals surface area contributed by atoms with Gasteiger partial charge >= 0.3 is 5.51 Å². The molecule has 4 aromatic carbocycles. The number of carbonyl (C=O) groups is 1. The molecule has 4 aromatic rings. The number of amides is 1. The van der Waals surface area contributed by atoms with E-state index >= 15 is 0 Å². The van der Waals surface area contributed by atoms with Gasteiger partial charge in [-0.2, -0.15) is 13.2 Å². The SMILES string of the molecule is CC1(C)CCC(c2ccc(Cl)cc2)=C(CN2CC3(CCN(c4ccc(C(=O)NS(=O)(=O)c5ccc(NC(CCN6CCN(C(C)(C)C)CC6)CSc6ccccc6)c(S(=O)(=O)C(F)(F)F)c5)cc4)CC3)C2)C1. The van der Waals surface area contributed by atoms with Gasteiger partial charge in [-0.25, -0.2) is 21.6 Å². The van der Waals surface area contributed by atoms with E-state index in [-0.39, 0.29) is 27.6 Å². The number of carbonyl (C=O) groups excluding carboxylic acids is 1. The van der Waals surface area contributed by atoms with Crippen LogP contribution in [-0.2, 0) is 19.9 Å². The van der Waals surface area contributed by atoms with Crippen LogP contribution in [0.15, 0.2) is 117 Å². The van der Waals surface area contributed by atoms with Gasteiger partial charge in [0.15, 0.2) is 0 Å². The van der Waals surface area contributed by atoms with Crippen molar-refractivity contribution >= 4 is 66.1 Å². The van der Waals surface area contributed by atoms with E-state index in [0.29, 0.717) is 24.8 Å². The molecule has 3 aliphatic heterocycles. The van der Waals surface area contributed by atoms with Gasteiger partial charge in [0.1, 0.15) is 4.90 Å². The molecular weight excluding hydrogens is 1000 g/mol. The fraction of sp³-hybridized carbons (Fsp3) is 0.500. The Morgan fingerprint density at radius 2 is 1.46 bits per heavy atom. The number of sulfone groups is 1. The lowest BCUT2D eigenvalue weighted by Crippen LogP contribution is -2.60. The first kappa shape index (κ1) is 54.2. The van der Waals surface area contributed by atoms with Crippen molar-refractivity contribution in [2.24, 2.45) is 10.8 Å². The monoisotopic (exact) mass is 1070 g/mol. The molecule has 3 heterocycles. The molecule has 72 heavy (non-hydrogen) atoms. The van der Waals surface area contributed by atoms with E-state index in [1.54, 1.807) is 12.1 Å². The maximum Gasteiger partial charge on any atom is 0.501 e. The quantitative estimate of drug-likeness (QED) is 0.104. The van der Waals surface area contributed by atoms with Gasteiger partial charge in [0.2, 0.25) is 0 Å². The number of halogens is 4. The maximum absolute atomic E-state index is 14.3. The van der Waals surface area contributed by atoms with Crippen LogP contribution in [-0.4, -0.2) is 126 Å². The van der Waals surface area contributed by atoms with Crippen molar-refractivity contribution in [2.45, 2.75) is 105 Å². The summed E-state index contributed by atoms with van der Waals surface area (Å²) >= 11 is 7.69. The standard InChI is InChI=1S/C54H68ClF3N6O5S3/c1-51(2,3)64-31-29-61(30-32-64)26-22-43(36-70-45-9-7-6-8-10-45)59-48-20-19-46(33-49(48)71(66,67)54(56,57)58)72(68,69)60-50(65)40-13-17-44(18-14-40)63-27-24-53(25-28-63)37-62(38-53)35-41-34-52(4,5)23-21-47(41)39-11-15-42(55)16-12-39/h6-20,33,43,59H,21-32,34-38H2,1-5H3,(H,60,65). The van der Waals surface area contributed by atoms with Crippen LogP contribution in [0.4, 0.5) is 24.5 Å². The number of thioether (sulfide) groups is 1. The number of alkyl halides is 3. The fourth-order valence-electron chi connectivity index (χ4n) is 10.7. The Bertz CT molecular complexity index is 2800. The van der Waals surface area contributed by atoms with Crippen molar-refractivity contribution in [1.82, 2.24) is 19.4 Å². The van der Waals surface area contributed by atoms with Crippen molar-refractivity contribution in [1.29, 1.82) is 0 Å². The highest BCUT2D eigenvalue weighted by Crippen LogP contribution is 2.46. The largest absolute Gasteiger partial charge is 0.501 e. The van der Waals surface area contributed by atoms with E-state index in [9.17, 15) is 34.8 Å². The van der Waals surface area contributed by atoms with E-state index in [1.165, 1.54) is 40.6 Å². The van der Waals surface area contributed by atoms with Crippen LogP contribution in [0.3, 0.4) is 0 Å². The third kappa shape index (κ3) is 13.0. The zero-order valence-electron chi connectivity index (χ0n) is 41.9. The van der Waals surface area contributed by atoms with Gasteiger partial charge in [0.05, 0.1) is 10.6 Å². The smallest absolute Gasteiger partial charge is 0.380 e. The molecule has 0 saturated carbocycles. The zero-order valence-corrected chi connectivity index (χ0v) is 45.1. The highest BCUT2D eigenvalue weighted by Gasteiger charge is 2.49. The number of benzene rings is 4. The zero-order chi connectivity index (χ0) is 51.7. The summed E-state index contributed by atoms with van der Waals surface area (Å²) in [5, 5.41) is 3.80. The second-order valence-corrected chi connectivity index (χ2v) is 27.0. The fourth-order valence-corrected chi connectivity index (χ4v) is 13.9. The van der Waals surface area contributed by atoms with E-state index in [0.717, 1.165) is 119 Å². The molecule has 18 heteroatoms. The number of allylic oxidation sites excluding steroid dienone is 1. The van der Waals surface area contributed by atoms with Crippen LogP contribution in [0.1, 0.15) is 89.1 Å². The molecule has 390 valence electrons. The van der Waals surface area contributed by atoms with E-state index < -0.39 is 47.1 Å². The number of hydrogen-bond acceptors (Lipinski definition) is 11. The molecule has 8 rings (SSSR count). The van der Waals surface area contributed by atoms with Gasteiger partial charge in [-0.3, -0.25) is 14.6 Å². The van der Waals surface area contributed by atoms with E-state index in [4.69, 9.17) is 11.6 Å². The molecule has 1 aliphatic carbocycles. The first-order valence-corrected chi connectivity index (χ1v) is 29.2. The molecule has 0 aromatic heterocycles. The summed E-state index contributed by atoms with van der Waals surface area (Å²) < 4.78 is 98.7. The number of nitrogens with zero attached hydrogens (tertiary/aromatic N) is 4. The van der Waals surface area contributed by atoms with Crippen LogP contribution in [0, 0.1) is 10.8 Å². The van der Waals surface area contributed by atoms with Crippen LogP contribution in [0.5, 0.6) is 0 Å². The van der Waals surface area contributed by atoms with E-state index in [1.807, 2.05) is 47.2 Å². The number of nitrogens with one attached hydrogen (secondary N) is 2. The highest BCUT2D eigenvalue weighted by atomic mass is 35.5. The normalized spacial score (nSPS) is 19.8. The Labute approximate surface area is 433 Å². The summed E-state index contributed by atoms with van der Waals surface area (Å²) in [6.07, 6.45) is 5.80. The number of likely N-dealkylation sites (tertiary alicyclic amines) is 1. The van der Waals surface area contributed by atoms with Crippen molar-refractivity contribution in [3.05, 3.63) is 119 Å². The summed E-state index contributed by atoms with van der Waals surface area (Å²) in [5.74, 6) is -0.623. The van der Waals surface area contributed by atoms with Gasteiger partial charge in [-0.1, -0.05) is 61.4 Å². The number of piperazine rings is 1. The highest BCUT2D eigenvalue weighted by molar-refractivity contribution is 7.99. The Hall–Kier alpha value is -4.10. The number of sulfonamides is 1. The summed E-state index contributed by atoms with van der Waals surface area (Å²) in [5.41, 5.74) is -0.453. The van der Waals surface area contributed by atoms with Gasteiger partial charge in [-0.05, 0) is 148 Å².